The van der Waals surface area contributed by atoms with E-state index in [2.05, 4.69) is 5.32 Å². The normalized spacial score (nSPS) is 17.3. The molecule has 1 atom stereocenters. The van der Waals surface area contributed by atoms with Crippen LogP contribution in [-0.2, 0) is 0 Å². The predicted molar refractivity (Wildman–Crippen MR) is 80.4 cm³/mol. The summed E-state index contributed by atoms with van der Waals surface area (Å²) in [4.78, 5) is 1.62. The van der Waals surface area contributed by atoms with Crippen LogP contribution in [0.3, 0.4) is 0 Å². The van der Waals surface area contributed by atoms with Gasteiger partial charge in [0.05, 0.1) is 6.42 Å². The lowest BCUT2D eigenvalue weighted by Gasteiger charge is -2.35. The molecule has 0 radical (unpaired) electrons. The van der Waals surface area contributed by atoms with E-state index < -0.39 is 24.5 Å². The van der Waals surface area contributed by atoms with E-state index in [1.165, 1.54) is 12.1 Å². The van der Waals surface area contributed by atoms with Gasteiger partial charge in [0.1, 0.15) is 11.6 Å². The van der Waals surface area contributed by atoms with Gasteiger partial charge in [0.25, 0.3) is 0 Å². The number of halogens is 6. The summed E-state index contributed by atoms with van der Waals surface area (Å²) in [7, 11) is 0. The third-order valence-electron chi connectivity index (χ3n) is 3.36. The number of piperazine rings is 1. The molecule has 1 aromatic rings. The smallest absolute Gasteiger partial charge is 0.390 e. The van der Waals surface area contributed by atoms with Crippen molar-refractivity contribution >= 4 is 24.8 Å². The number of nitrogens with zero attached hydrogens (tertiary/aromatic N) is 1. The number of aromatic hydroxyl groups is 1. The Balaban J connectivity index is 0.00000220. The van der Waals surface area contributed by atoms with Crippen molar-refractivity contribution in [3.8, 4) is 5.75 Å². The van der Waals surface area contributed by atoms with Gasteiger partial charge in [-0.1, -0.05) is 6.07 Å². The van der Waals surface area contributed by atoms with Gasteiger partial charge in [-0.2, -0.15) is 13.2 Å². The van der Waals surface area contributed by atoms with Crippen LogP contribution in [0.4, 0.5) is 17.6 Å². The first-order valence-electron chi connectivity index (χ1n) is 6.37. The van der Waals surface area contributed by atoms with Crippen LogP contribution in [0.25, 0.3) is 0 Å². The molecule has 1 aliphatic rings. The number of benzene rings is 1. The summed E-state index contributed by atoms with van der Waals surface area (Å²) in [6.07, 6.45) is -5.48. The first-order valence-corrected chi connectivity index (χ1v) is 6.37. The quantitative estimate of drug-likeness (QED) is 0.808. The minimum Gasteiger partial charge on any atom is -0.508 e. The molecule has 9 heteroatoms. The van der Waals surface area contributed by atoms with E-state index >= 15 is 0 Å². The minimum absolute atomic E-state index is 0. The Morgan fingerprint density at radius 2 is 1.77 bits per heavy atom. The molecule has 0 spiro atoms. The zero-order chi connectivity index (χ0) is 14.8. The largest absolute Gasteiger partial charge is 0.508 e. The Morgan fingerprint density at radius 3 is 2.27 bits per heavy atom. The summed E-state index contributed by atoms with van der Waals surface area (Å²) in [5.74, 6) is -1.10. The monoisotopic (exact) mass is 364 g/mol. The zero-order valence-corrected chi connectivity index (χ0v) is 13.2. The average molecular weight is 365 g/mol. The maximum Gasteiger partial charge on any atom is 0.390 e. The highest BCUT2D eigenvalue weighted by Gasteiger charge is 2.37. The lowest BCUT2D eigenvalue weighted by molar-refractivity contribution is -0.149. The topological polar surface area (TPSA) is 35.5 Å². The maximum absolute atomic E-state index is 13.9. The summed E-state index contributed by atoms with van der Waals surface area (Å²) in [6, 6.07) is 2.23. The second-order valence-corrected chi connectivity index (χ2v) is 4.83. The Hall–Kier alpha value is -0.760. The van der Waals surface area contributed by atoms with Crippen LogP contribution >= 0.6 is 24.8 Å². The third-order valence-corrected chi connectivity index (χ3v) is 3.36. The van der Waals surface area contributed by atoms with Crippen molar-refractivity contribution in [1.82, 2.24) is 10.2 Å². The summed E-state index contributed by atoms with van der Waals surface area (Å²) in [6.45, 7) is 2.02. The molecule has 1 saturated heterocycles. The molecule has 3 nitrogen and oxygen atoms in total. The van der Waals surface area contributed by atoms with Crippen LogP contribution in [0.5, 0.6) is 5.75 Å². The highest BCUT2D eigenvalue weighted by atomic mass is 35.5. The average Bonchev–Trinajstić information content (AvgIpc) is 2.36. The molecular weight excluding hydrogens is 347 g/mol. The van der Waals surface area contributed by atoms with E-state index in [-0.39, 0.29) is 36.1 Å². The van der Waals surface area contributed by atoms with E-state index in [0.29, 0.717) is 26.2 Å². The van der Waals surface area contributed by atoms with Crippen molar-refractivity contribution in [2.24, 2.45) is 0 Å². The van der Waals surface area contributed by atoms with Crippen molar-refractivity contribution in [3.63, 3.8) is 0 Å². The van der Waals surface area contributed by atoms with Gasteiger partial charge in [0.15, 0.2) is 0 Å². The van der Waals surface area contributed by atoms with Gasteiger partial charge >= 0.3 is 6.18 Å². The second-order valence-electron chi connectivity index (χ2n) is 4.83. The SMILES string of the molecule is Cl.Cl.Oc1ccc([C@@H](CC(F)(F)F)N2CCNCC2)c(F)c1. The van der Waals surface area contributed by atoms with Crippen LogP contribution in [0.1, 0.15) is 18.0 Å². The molecule has 1 aromatic carbocycles. The predicted octanol–water partition coefficient (Wildman–Crippen LogP) is 3.27. The summed E-state index contributed by atoms with van der Waals surface area (Å²) < 4.78 is 52.1. The molecule has 2 N–H and O–H groups in total. The fraction of sp³-hybridized carbons (Fsp3) is 0.538. The Bertz CT molecular complexity index is 468. The van der Waals surface area contributed by atoms with Gasteiger partial charge in [0, 0.05) is 43.9 Å². The Labute approximate surface area is 138 Å². The number of phenolic OH excluding ortho intramolecular Hbond substituents is 1. The van der Waals surface area contributed by atoms with Gasteiger partial charge in [-0.25, -0.2) is 4.39 Å². The number of alkyl halides is 3. The van der Waals surface area contributed by atoms with Gasteiger partial charge < -0.3 is 10.4 Å². The molecule has 0 saturated carbocycles. The van der Waals surface area contributed by atoms with Crippen LogP contribution in [0, 0.1) is 5.82 Å². The zero-order valence-electron chi connectivity index (χ0n) is 11.6. The Kier molecular flexibility index (Phi) is 8.46. The summed E-state index contributed by atoms with van der Waals surface area (Å²) in [5.41, 5.74) is -0.0259. The van der Waals surface area contributed by atoms with Crippen LogP contribution in [0.15, 0.2) is 18.2 Å². The highest BCUT2D eigenvalue weighted by Crippen LogP contribution is 2.35. The molecule has 22 heavy (non-hydrogen) atoms. The molecule has 0 amide bonds. The number of rotatable bonds is 3. The van der Waals surface area contributed by atoms with Crippen LogP contribution in [0.2, 0.25) is 0 Å². The highest BCUT2D eigenvalue weighted by molar-refractivity contribution is 5.85. The lowest BCUT2D eigenvalue weighted by Crippen LogP contribution is -2.46. The number of phenols is 1. The minimum atomic E-state index is -4.38. The first kappa shape index (κ1) is 21.2. The summed E-state index contributed by atoms with van der Waals surface area (Å²) in [5, 5.41) is 12.2. The second kappa shape index (κ2) is 8.76. The van der Waals surface area contributed by atoms with Crippen molar-refractivity contribution in [2.45, 2.75) is 18.6 Å². The van der Waals surface area contributed by atoms with Gasteiger partial charge in [0.2, 0.25) is 0 Å². The van der Waals surface area contributed by atoms with E-state index in [9.17, 15) is 22.7 Å². The van der Waals surface area contributed by atoms with Crippen LogP contribution < -0.4 is 5.32 Å². The van der Waals surface area contributed by atoms with E-state index in [1.54, 1.807) is 4.90 Å². The van der Waals surface area contributed by atoms with Crippen LogP contribution in [-0.4, -0.2) is 42.4 Å². The van der Waals surface area contributed by atoms with E-state index in [0.717, 1.165) is 6.07 Å². The molecule has 1 aliphatic heterocycles. The molecule has 1 heterocycles. The molecule has 2 rings (SSSR count). The van der Waals surface area contributed by atoms with Crippen molar-refractivity contribution in [1.29, 1.82) is 0 Å². The molecule has 0 unspecified atom stereocenters. The fourth-order valence-corrected chi connectivity index (χ4v) is 2.44. The number of nitrogens with one attached hydrogen (secondary N) is 1. The van der Waals surface area contributed by atoms with Gasteiger partial charge in [-0.3, -0.25) is 4.90 Å². The first-order chi connectivity index (χ1) is 9.37. The van der Waals surface area contributed by atoms with E-state index in [4.69, 9.17) is 0 Å². The van der Waals surface area contributed by atoms with Gasteiger partial charge in [-0.05, 0) is 6.07 Å². The standard InChI is InChI=1S/C13H16F4N2O.2ClH/c14-11-7-9(20)1-2-10(11)12(8-13(15,16)17)19-5-3-18-4-6-19;;/h1-2,7,12,18,20H,3-6,8H2;2*1H/t12-;;/m1../s1. The number of hydrogen-bond donors (Lipinski definition) is 2. The molecule has 0 bridgehead atoms. The molecular formula is C13H18Cl2F4N2O. The van der Waals surface area contributed by atoms with Gasteiger partial charge in [-0.15, -0.1) is 24.8 Å². The fourth-order valence-electron chi connectivity index (χ4n) is 2.44. The van der Waals surface area contributed by atoms with Crippen molar-refractivity contribution in [2.75, 3.05) is 26.2 Å². The van der Waals surface area contributed by atoms with Crippen molar-refractivity contribution in [3.05, 3.63) is 29.6 Å². The molecule has 0 aromatic heterocycles. The third kappa shape index (κ3) is 5.79. The molecule has 0 aliphatic carbocycles. The lowest BCUT2D eigenvalue weighted by atomic mass is 10.00. The molecule has 128 valence electrons. The van der Waals surface area contributed by atoms with E-state index in [1.807, 2.05) is 0 Å². The summed E-state index contributed by atoms with van der Waals surface area (Å²) >= 11 is 0. The maximum atomic E-state index is 13.9. The number of hydrogen-bond acceptors (Lipinski definition) is 3. The molecule has 1 fully saturated rings. The Morgan fingerprint density at radius 1 is 1.18 bits per heavy atom. The van der Waals surface area contributed by atoms with Crippen molar-refractivity contribution < 1.29 is 22.7 Å².